The van der Waals surface area contributed by atoms with Crippen molar-refractivity contribution in [2.75, 3.05) is 18.5 Å². The highest BCUT2D eigenvalue weighted by molar-refractivity contribution is 5.97. The lowest BCUT2D eigenvalue weighted by atomic mass is 9.97. The second-order valence-electron chi connectivity index (χ2n) is 7.95. The third-order valence-electron chi connectivity index (χ3n) is 5.47. The van der Waals surface area contributed by atoms with Gasteiger partial charge in [0.2, 0.25) is 0 Å². The summed E-state index contributed by atoms with van der Waals surface area (Å²) in [5, 5.41) is 2.83. The molecule has 0 unspecified atom stereocenters. The number of nitrogens with one attached hydrogen (secondary N) is 1. The minimum absolute atomic E-state index is 0.00335. The summed E-state index contributed by atoms with van der Waals surface area (Å²) in [6.45, 7) is 5.15. The van der Waals surface area contributed by atoms with Crippen LogP contribution in [0.5, 0.6) is 5.75 Å². The molecule has 3 aromatic carbocycles. The van der Waals surface area contributed by atoms with Gasteiger partial charge >= 0.3 is 0 Å². The summed E-state index contributed by atoms with van der Waals surface area (Å²) in [6, 6.07) is 21.3. The van der Waals surface area contributed by atoms with Crippen molar-refractivity contribution in [2.24, 2.45) is 0 Å². The van der Waals surface area contributed by atoms with Gasteiger partial charge in [0.25, 0.3) is 11.8 Å². The summed E-state index contributed by atoms with van der Waals surface area (Å²) in [6.07, 6.45) is 0.697. The Morgan fingerprint density at radius 2 is 1.65 bits per heavy atom. The van der Waals surface area contributed by atoms with Crippen LogP contribution in [0.4, 0.5) is 5.69 Å². The minimum atomic E-state index is -0.232. The highest BCUT2D eigenvalue weighted by atomic mass is 16.5. The maximum Gasteiger partial charge on any atom is 0.262 e. The predicted octanol–water partition coefficient (Wildman–Crippen LogP) is 4.52. The minimum Gasteiger partial charge on any atom is -0.483 e. The molecule has 0 saturated carbocycles. The summed E-state index contributed by atoms with van der Waals surface area (Å²) in [5.41, 5.74) is 5.70. The molecule has 5 heteroatoms. The predicted molar refractivity (Wildman–Crippen MR) is 121 cm³/mol. The van der Waals surface area contributed by atoms with Crippen molar-refractivity contribution in [3.63, 3.8) is 0 Å². The van der Waals surface area contributed by atoms with Crippen LogP contribution in [0.15, 0.2) is 66.7 Å². The van der Waals surface area contributed by atoms with Gasteiger partial charge in [0.05, 0.1) is 0 Å². The monoisotopic (exact) mass is 414 g/mol. The standard InChI is InChI=1S/C26H26N2O3/c1-18-6-10-20(11-7-18)16-28-15-14-22-23(26(28)30)4-3-5-24(22)31-17-25(29)27-21-12-8-19(2)9-13-21/h3-13H,14-17H2,1-2H3,(H,27,29). The first-order valence-electron chi connectivity index (χ1n) is 10.5. The van der Waals surface area contributed by atoms with Gasteiger partial charge in [0.1, 0.15) is 5.75 Å². The number of carbonyl (C=O) groups excluding carboxylic acids is 2. The van der Waals surface area contributed by atoms with Crippen LogP contribution in [0.1, 0.15) is 32.6 Å². The molecule has 0 saturated heterocycles. The first-order chi connectivity index (χ1) is 15.0. The zero-order valence-corrected chi connectivity index (χ0v) is 17.9. The van der Waals surface area contributed by atoms with Crippen LogP contribution in [-0.2, 0) is 17.8 Å². The third kappa shape index (κ3) is 4.94. The van der Waals surface area contributed by atoms with Crippen LogP contribution >= 0.6 is 0 Å². The fraction of sp³-hybridized carbons (Fsp3) is 0.231. The fourth-order valence-corrected chi connectivity index (χ4v) is 3.72. The van der Waals surface area contributed by atoms with E-state index < -0.39 is 0 Å². The molecule has 0 aliphatic carbocycles. The van der Waals surface area contributed by atoms with Gasteiger partial charge in [-0.2, -0.15) is 0 Å². The number of anilines is 1. The Morgan fingerprint density at radius 1 is 0.968 bits per heavy atom. The Kier molecular flexibility index (Phi) is 6.03. The van der Waals surface area contributed by atoms with Crippen molar-refractivity contribution in [3.8, 4) is 5.75 Å². The van der Waals surface area contributed by atoms with Crippen molar-refractivity contribution in [3.05, 3.63) is 94.5 Å². The lowest BCUT2D eigenvalue weighted by Crippen LogP contribution is -2.37. The molecule has 0 aromatic heterocycles. The van der Waals surface area contributed by atoms with Gasteiger partial charge in [-0.05, 0) is 50.1 Å². The van der Waals surface area contributed by atoms with E-state index in [1.807, 2.05) is 48.2 Å². The maximum absolute atomic E-state index is 13.0. The lowest BCUT2D eigenvalue weighted by Gasteiger charge is -2.29. The van der Waals surface area contributed by atoms with E-state index in [0.717, 1.165) is 22.4 Å². The van der Waals surface area contributed by atoms with Gasteiger partial charge in [0, 0.05) is 29.9 Å². The normalized spacial score (nSPS) is 13.0. The highest BCUT2D eigenvalue weighted by Gasteiger charge is 2.26. The lowest BCUT2D eigenvalue weighted by molar-refractivity contribution is -0.118. The molecular formula is C26H26N2O3. The quantitative estimate of drug-likeness (QED) is 0.645. The van der Waals surface area contributed by atoms with Crippen LogP contribution in [0.2, 0.25) is 0 Å². The zero-order chi connectivity index (χ0) is 21.8. The molecule has 3 aromatic rings. The number of hydrogen-bond acceptors (Lipinski definition) is 3. The summed E-state index contributed by atoms with van der Waals surface area (Å²) in [4.78, 5) is 27.2. The summed E-state index contributed by atoms with van der Waals surface area (Å²) in [5.74, 6) is 0.362. The largest absolute Gasteiger partial charge is 0.483 e. The van der Waals surface area contributed by atoms with Crippen LogP contribution in [0.3, 0.4) is 0 Å². The molecule has 1 aliphatic rings. The SMILES string of the molecule is Cc1ccc(CN2CCc3c(OCC(=O)Nc4ccc(C)cc4)cccc3C2=O)cc1. The van der Waals surface area contributed by atoms with E-state index in [9.17, 15) is 9.59 Å². The fourth-order valence-electron chi connectivity index (χ4n) is 3.72. The van der Waals surface area contributed by atoms with Crippen molar-refractivity contribution in [1.82, 2.24) is 4.90 Å². The highest BCUT2D eigenvalue weighted by Crippen LogP contribution is 2.29. The molecule has 5 nitrogen and oxygen atoms in total. The van der Waals surface area contributed by atoms with Crippen molar-refractivity contribution >= 4 is 17.5 Å². The Balaban J connectivity index is 1.41. The van der Waals surface area contributed by atoms with Crippen LogP contribution < -0.4 is 10.1 Å². The number of aryl methyl sites for hydroxylation is 2. The maximum atomic E-state index is 13.0. The van der Waals surface area contributed by atoms with E-state index in [-0.39, 0.29) is 18.4 Å². The Bertz CT molecular complexity index is 1090. The number of rotatable bonds is 6. The number of nitrogens with zero attached hydrogens (tertiary/aromatic N) is 1. The number of ether oxygens (including phenoxy) is 1. The second kappa shape index (κ2) is 9.04. The van der Waals surface area contributed by atoms with Gasteiger partial charge in [-0.3, -0.25) is 9.59 Å². The van der Waals surface area contributed by atoms with Crippen molar-refractivity contribution < 1.29 is 14.3 Å². The van der Waals surface area contributed by atoms with Crippen LogP contribution in [-0.4, -0.2) is 29.9 Å². The van der Waals surface area contributed by atoms with Gasteiger partial charge in [0.15, 0.2) is 6.61 Å². The van der Waals surface area contributed by atoms with Crippen LogP contribution in [0.25, 0.3) is 0 Å². The van der Waals surface area contributed by atoms with E-state index in [1.54, 1.807) is 6.07 Å². The van der Waals surface area contributed by atoms with Gasteiger partial charge < -0.3 is 15.0 Å². The zero-order valence-electron chi connectivity index (χ0n) is 17.9. The Hall–Kier alpha value is -3.60. The van der Waals surface area contributed by atoms with Gasteiger partial charge in [-0.25, -0.2) is 0 Å². The molecule has 2 amide bonds. The average molecular weight is 415 g/mol. The van der Waals surface area contributed by atoms with Gasteiger partial charge in [-0.1, -0.05) is 53.6 Å². The molecule has 0 bridgehead atoms. The molecule has 0 atom stereocenters. The average Bonchev–Trinajstić information content (AvgIpc) is 2.77. The molecule has 0 fully saturated rings. The van der Waals surface area contributed by atoms with E-state index >= 15 is 0 Å². The van der Waals surface area contributed by atoms with Crippen molar-refractivity contribution in [2.45, 2.75) is 26.8 Å². The molecular weight excluding hydrogens is 388 g/mol. The molecule has 0 spiro atoms. The molecule has 4 rings (SSSR count). The summed E-state index contributed by atoms with van der Waals surface area (Å²) < 4.78 is 5.79. The number of amides is 2. The Labute approximate surface area is 182 Å². The Morgan fingerprint density at radius 3 is 2.35 bits per heavy atom. The third-order valence-corrected chi connectivity index (χ3v) is 5.47. The van der Waals surface area contributed by atoms with Crippen LogP contribution in [0, 0.1) is 13.8 Å². The van der Waals surface area contributed by atoms with E-state index in [4.69, 9.17) is 4.74 Å². The number of fused-ring (bicyclic) bond motifs is 1. The van der Waals surface area contributed by atoms with E-state index in [1.165, 1.54) is 5.56 Å². The smallest absolute Gasteiger partial charge is 0.262 e. The van der Waals surface area contributed by atoms with E-state index in [0.29, 0.717) is 30.8 Å². The molecule has 31 heavy (non-hydrogen) atoms. The first kappa shape index (κ1) is 20.7. The molecule has 1 aliphatic heterocycles. The van der Waals surface area contributed by atoms with Crippen molar-refractivity contribution in [1.29, 1.82) is 0 Å². The second-order valence-corrected chi connectivity index (χ2v) is 7.95. The number of carbonyl (C=O) groups is 2. The molecule has 0 radical (unpaired) electrons. The number of benzene rings is 3. The molecule has 1 heterocycles. The summed E-state index contributed by atoms with van der Waals surface area (Å²) in [7, 11) is 0. The van der Waals surface area contributed by atoms with Gasteiger partial charge in [-0.15, -0.1) is 0 Å². The van der Waals surface area contributed by atoms with E-state index in [2.05, 4.69) is 36.5 Å². The topological polar surface area (TPSA) is 58.6 Å². The molecule has 1 N–H and O–H groups in total. The summed E-state index contributed by atoms with van der Waals surface area (Å²) >= 11 is 0. The first-order valence-corrected chi connectivity index (χ1v) is 10.5. The number of hydrogen-bond donors (Lipinski definition) is 1. The molecule has 158 valence electrons.